The Kier molecular flexibility index (Phi) is 8.27. The molecule has 0 saturated carbocycles. The number of carboxylic acids is 1. The standard InChI is InChI=1S/C11H21N3O5/c1-7(2)8(10(16)17)5-14-11(18)13-3-4-19-6-9(12)15/h7-8H,3-6H2,1-2H3,(H2,12,15)(H,16,17)(H2,13,14,18). The van der Waals surface area contributed by atoms with Crippen molar-refractivity contribution in [2.45, 2.75) is 13.8 Å². The van der Waals surface area contributed by atoms with E-state index in [4.69, 9.17) is 15.6 Å². The highest BCUT2D eigenvalue weighted by Gasteiger charge is 2.21. The van der Waals surface area contributed by atoms with Crippen LogP contribution in [-0.2, 0) is 14.3 Å². The fourth-order valence-corrected chi connectivity index (χ4v) is 1.28. The summed E-state index contributed by atoms with van der Waals surface area (Å²) >= 11 is 0. The largest absolute Gasteiger partial charge is 0.481 e. The van der Waals surface area contributed by atoms with E-state index in [1.807, 2.05) is 0 Å². The minimum absolute atomic E-state index is 0.0565. The van der Waals surface area contributed by atoms with Crippen LogP contribution in [0.4, 0.5) is 4.79 Å². The zero-order chi connectivity index (χ0) is 14.8. The molecule has 5 N–H and O–H groups in total. The van der Waals surface area contributed by atoms with Crippen LogP contribution in [0.5, 0.6) is 0 Å². The maximum atomic E-state index is 11.3. The molecule has 0 fully saturated rings. The average molecular weight is 275 g/mol. The Labute approximate surface area is 111 Å². The third-order valence-electron chi connectivity index (χ3n) is 2.38. The second-order valence-electron chi connectivity index (χ2n) is 4.34. The molecule has 3 amide bonds. The van der Waals surface area contributed by atoms with Gasteiger partial charge in [0, 0.05) is 13.1 Å². The summed E-state index contributed by atoms with van der Waals surface area (Å²) in [6.45, 7) is 3.77. The molecule has 0 spiro atoms. The highest BCUT2D eigenvalue weighted by molar-refractivity contribution is 5.76. The second-order valence-corrected chi connectivity index (χ2v) is 4.34. The predicted octanol–water partition coefficient (Wildman–Crippen LogP) is -0.856. The monoisotopic (exact) mass is 275 g/mol. The van der Waals surface area contributed by atoms with Crippen LogP contribution in [0.3, 0.4) is 0 Å². The number of primary amides is 1. The lowest BCUT2D eigenvalue weighted by Crippen LogP contribution is -2.42. The molecule has 1 atom stereocenters. The molecule has 0 aliphatic rings. The maximum absolute atomic E-state index is 11.3. The lowest BCUT2D eigenvalue weighted by molar-refractivity contribution is -0.143. The number of aliphatic carboxylic acids is 1. The van der Waals surface area contributed by atoms with Gasteiger partial charge in [-0.2, -0.15) is 0 Å². The minimum atomic E-state index is -0.944. The number of carbonyl (C=O) groups is 3. The summed E-state index contributed by atoms with van der Waals surface area (Å²) < 4.78 is 4.84. The topological polar surface area (TPSA) is 131 Å². The SMILES string of the molecule is CC(C)C(CNC(=O)NCCOCC(N)=O)C(=O)O. The van der Waals surface area contributed by atoms with Gasteiger partial charge in [-0.3, -0.25) is 9.59 Å². The van der Waals surface area contributed by atoms with Crippen molar-refractivity contribution in [3.63, 3.8) is 0 Å². The summed E-state index contributed by atoms with van der Waals surface area (Å²) in [5.41, 5.74) is 4.85. The normalized spacial score (nSPS) is 11.9. The third-order valence-corrected chi connectivity index (χ3v) is 2.38. The van der Waals surface area contributed by atoms with E-state index >= 15 is 0 Å². The molecule has 0 aliphatic carbocycles. The third kappa shape index (κ3) is 8.83. The first-order chi connectivity index (χ1) is 8.84. The van der Waals surface area contributed by atoms with Crippen LogP contribution in [0.15, 0.2) is 0 Å². The molecule has 0 aromatic rings. The summed E-state index contributed by atoms with van der Waals surface area (Å²) in [4.78, 5) is 32.6. The van der Waals surface area contributed by atoms with Crippen molar-refractivity contribution >= 4 is 17.9 Å². The molecule has 1 unspecified atom stereocenters. The number of nitrogens with one attached hydrogen (secondary N) is 2. The molecule has 0 rings (SSSR count). The van der Waals surface area contributed by atoms with Gasteiger partial charge in [0.15, 0.2) is 0 Å². The van der Waals surface area contributed by atoms with Crippen molar-refractivity contribution in [3.8, 4) is 0 Å². The Morgan fingerprint density at radius 2 is 1.89 bits per heavy atom. The first kappa shape index (κ1) is 17.2. The Morgan fingerprint density at radius 3 is 2.37 bits per heavy atom. The molecule has 0 aromatic carbocycles. The summed E-state index contributed by atoms with van der Waals surface area (Å²) in [6, 6.07) is -0.477. The van der Waals surface area contributed by atoms with E-state index < -0.39 is 23.8 Å². The Balaban J connectivity index is 3.74. The van der Waals surface area contributed by atoms with Crippen molar-refractivity contribution in [1.82, 2.24) is 10.6 Å². The van der Waals surface area contributed by atoms with Gasteiger partial charge in [0.25, 0.3) is 0 Å². The van der Waals surface area contributed by atoms with E-state index in [-0.39, 0.29) is 32.2 Å². The highest BCUT2D eigenvalue weighted by Crippen LogP contribution is 2.09. The molecule has 0 bridgehead atoms. The van der Waals surface area contributed by atoms with Crippen molar-refractivity contribution in [3.05, 3.63) is 0 Å². The molecular weight excluding hydrogens is 254 g/mol. The molecule has 0 aromatic heterocycles. The fourth-order valence-electron chi connectivity index (χ4n) is 1.28. The van der Waals surface area contributed by atoms with Gasteiger partial charge in [-0.1, -0.05) is 13.8 Å². The van der Waals surface area contributed by atoms with Gasteiger partial charge in [0.05, 0.1) is 12.5 Å². The number of ether oxygens (including phenoxy) is 1. The van der Waals surface area contributed by atoms with E-state index in [2.05, 4.69) is 10.6 Å². The molecule has 110 valence electrons. The van der Waals surface area contributed by atoms with Crippen LogP contribution in [0, 0.1) is 11.8 Å². The van der Waals surface area contributed by atoms with Gasteiger partial charge < -0.3 is 26.2 Å². The highest BCUT2D eigenvalue weighted by atomic mass is 16.5. The predicted molar refractivity (Wildman–Crippen MR) is 67.4 cm³/mol. The molecule has 19 heavy (non-hydrogen) atoms. The van der Waals surface area contributed by atoms with Gasteiger partial charge >= 0.3 is 12.0 Å². The van der Waals surface area contributed by atoms with E-state index in [0.717, 1.165) is 0 Å². The maximum Gasteiger partial charge on any atom is 0.314 e. The number of nitrogens with two attached hydrogens (primary N) is 1. The number of carboxylic acid groups (broad SMARTS) is 1. The van der Waals surface area contributed by atoms with E-state index in [1.54, 1.807) is 13.8 Å². The molecule has 8 nitrogen and oxygen atoms in total. The zero-order valence-electron chi connectivity index (χ0n) is 11.1. The van der Waals surface area contributed by atoms with E-state index in [9.17, 15) is 14.4 Å². The van der Waals surface area contributed by atoms with Gasteiger partial charge in [0.1, 0.15) is 6.61 Å². The Morgan fingerprint density at radius 1 is 1.26 bits per heavy atom. The van der Waals surface area contributed by atoms with E-state index in [1.165, 1.54) is 0 Å². The number of amides is 3. The smallest absolute Gasteiger partial charge is 0.314 e. The summed E-state index contributed by atoms with van der Waals surface area (Å²) in [7, 11) is 0. The lowest BCUT2D eigenvalue weighted by Gasteiger charge is -2.16. The van der Waals surface area contributed by atoms with Gasteiger partial charge in [-0.15, -0.1) is 0 Å². The molecule has 8 heteroatoms. The number of rotatable bonds is 9. The van der Waals surface area contributed by atoms with Crippen molar-refractivity contribution in [2.24, 2.45) is 17.6 Å². The van der Waals surface area contributed by atoms with Crippen LogP contribution in [0.2, 0.25) is 0 Å². The summed E-state index contributed by atoms with van der Waals surface area (Å²) in [5, 5.41) is 13.9. The van der Waals surface area contributed by atoms with Crippen LogP contribution in [-0.4, -0.2) is 49.3 Å². The Hall–Kier alpha value is -1.83. The van der Waals surface area contributed by atoms with Crippen LogP contribution in [0.25, 0.3) is 0 Å². The first-order valence-corrected chi connectivity index (χ1v) is 5.95. The number of hydrogen-bond donors (Lipinski definition) is 4. The lowest BCUT2D eigenvalue weighted by atomic mass is 9.96. The number of hydrogen-bond acceptors (Lipinski definition) is 4. The first-order valence-electron chi connectivity index (χ1n) is 5.95. The van der Waals surface area contributed by atoms with Crippen molar-refractivity contribution < 1.29 is 24.2 Å². The van der Waals surface area contributed by atoms with Crippen LogP contribution < -0.4 is 16.4 Å². The molecule has 0 aliphatic heterocycles. The molecular formula is C11H21N3O5. The fraction of sp³-hybridized carbons (Fsp3) is 0.727. The van der Waals surface area contributed by atoms with Gasteiger partial charge in [-0.25, -0.2) is 4.79 Å². The Bertz CT molecular complexity index is 319. The zero-order valence-corrected chi connectivity index (χ0v) is 11.1. The van der Waals surface area contributed by atoms with E-state index in [0.29, 0.717) is 0 Å². The van der Waals surface area contributed by atoms with Crippen LogP contribution in [0.1, 0.15) is 13.8 Å². The molecule has 0 saturated heterocycles. The molecule has 0 heterocycles. The van der Waals surface area contributed by atoms with Crippen molar-refractivity contribution in [2.75, 3.05) is 26.3 Å². The summed E-state index contributed by atoms with van der Waals surface area (Å²) in [5.74, 6) is -2.22. The van der Waals surface area contributed by atoms with Gasteiger partial charge in [0.2, 0.25) is 5.91 Å². The number of carbonyl (C=O) groups excluding carboxylic acids is 2. The second kappa shape index (κ2) is 9.15. The van der Waals surface area contributed by atoms with Crippen LogP contribution >= 0.6 is 0 Å². The average Bonchev–Trinajstić information content (AvgIpc) is 2.27. The number of urea groups is 1. The van der Waals surface area contributed by atoms with Crippen molar-refractivity contribution in [1.29, 1.82) is 0 Å². The van der Waals surface area contributed by atoms with Gasteiger partial charge in [-0.05, 0) is 5.92 Å². The summed E-state index contributed by atoms with van der Waals surface area (Å²) in [6.07, 6.45) is 0. The molecule has 0 radical (unpaired) electrons. The quantitative estimate of drug-likeness (QED) is 0.407. The minimum Gasteiger partial charge on any atom is -0.481 e.